The molecule has 1 N–H and O–H groups in total. The second kappa shape index (κ2) is 16.8. The Morgan fingerprint density at radius 2 is 1.04 bits per heavy atom. The van der Waals surface area contributed by atoms with E-state index in [2.05, 4.69) is 61.6 Å². The molecule has 0 radical (unpaired) electrons. The molecule has 2 heterocycles. The number of carboxylic acid groups (broad SMARTS) is 1. The van der Waals surface area contributed by atoms with E-state index >= 15 is 0 Å². The molecule has 8 rings (SSSR count). The van der Waals surface area contributed by atoms with Crippen LogP contribution in [0.4, 0.5) is 0 Å². The van der Waals surface area contributed by atoms with Crippen LogP contribution in [0.5, 0.6) is 0 Å². The van der Waals surface area contributed by atoms with Crippen LogP contribution in [-0.2, 0) is 30.7 Å². The van der Waals surface area contributed by atoms with Gasteiger partial charge in [-0.2, -0.15) is 0 Å². The van der Waals surface area contributed by atoms with Gasteiger partial charge in [-0.3, -0.25) is 0 Å². The van der Waals surface area contributed by atoms with E-state index in [-0.39, 0.29) is 11.5 Å². The number of nitrogens with zero attached hydrogens (tertiary/aromatic N) is 4. The number of imidazole rings is 2. The standard InChI is InChI=1S/C23H19ClN2O2.C22H17ClN2O2/c1-28-23(27)20-13-19(24)9-8-18(20)11-17-7-10-22-21(12-17)25-15-26(22)14-16-5-3-2-4-6-16;23-18-8-7-17(19(12-18)22(26)27)10-16-6-9-21-20(11-16)24-14-25(21)13-15-4-2-1-3-5-15/h2-10,12-13,15H,11,14H2,1H3;1-9,11-12,14H,10,13H2,(H,26,27). The molecule has 2 aromatic heterocycles. The van der Waals surface area contributed by atoms with Gasteiger partial charge in [0.2, 0.25) is 0 Å². The fourth-order valence-corrected chi connectivity index (χ4v) is 6.94. The maximum Gasteiger partial charge on any atom is 0.338 e. The number of esters is 1. The molecule has 0 saturated heterocycles. The van der Waals surface area contributed by atoms with Crippen LogP contribution in [0.3, 0.4) is 0 Å². The molecule has 0 unspecified atom stereocenters. The molecule has 8 nitrogen and oxygen atoms in total. The highest BCUT2D eigenvalue weighted by Crippen LogP contribution is 2.25. The molecule has 0 aliphatic heterocycles. The summed E-state index contributed by atoms with van der Waals surface area (Å²) < 4.78 is 9.13. The number of methoxy groups -OCH3 is 1. The summed E-state index contributed by atoms with van der Waals surface area (Å²) in [4.78, 5) is 32.6. The van der Waals surface area contributed by atoms with Crippen LogP contribution in [0.1, 0.15) is 54.1 Å². The van der Waals surface area contributed by atoms with E-state index in [1.165, 1.54) is 24.3 Å². The molecular weight excluding hydrogens is 731 g/mol. The minimum absolute atomic E-state index is 0.234. The van der Waals surface area contributed by atoms with Crippen molar-refractivity contribution in [1.82, 2.24) is 19.1 Å². The molecule has 0 fully saturated rings. The molecule has 0 amide bonds. The second-order valence-corrected chi connectivity index (χ2v) is 14.0. The first-order valence-corrected chi connectivity index (χ1v) is 18.3. The third kappa shape index (κ3) is 8.95. The molecule has 274 valence electrons. The smallest absolute Gasteiger partial charge is 0.338 e. The van der Waals surface area contributed by atoms with Gasteiger partial charge in [-0.15, -0.1) is 0 Å². The lowest BCUT2D eigenvalue weighted by Gasteiger charge is -2.09. The third-order valence-corrected chi connectivity index (χ3v) is 9.80. The number of carbonyl (C=O) groups is 2. The molecular formula is C45H36Cl2N4O4. The van der Waals surface area contributed by atoms with Crippen LogP contribution in [0.25, 0.3) is 22.1 Å². The van der Waals surface area contributed by atoms with Gasteiger partial charge in [-0.25, -0.2) is 19.6 Å². The van der Waals surface area contributed by atoms with E-state index in [1.54, 1.807) is 24.3 Å². The number of aromatic nitrogens is 4. The molecule has 0 spiro atoms. The molecule has 10 heteroatoms. The molecule has 8 aromatic rings. The second-order valence-electron chi connectivity index (χ2n) is 13.1. The summed E-state index contributed by atoms with van der Waals surface area (Å²) in [6.45, 7) is 1.54. The minimum atomic E-state index is -0.972. The number of aromatic carboxylic acids is 1. The van der Waals surface area contributed by atoms with Gasteiger partial charge in [-0.1, -0.05) is 108 Å². The summed E-state index contributed by atoms with van der Waals surface area (Å²) in [6, 6.07) is 43.1. The van der Waals surface area contributed by atoms with Gasteiger partial charge in [-0.05, 0) is 94.8 Å². The van der Waals surface area contributed by atoms with Crippen LogP contribution >= 0.6 is 23.2 Å². The molecule has 6 aromatic carbocycles. The highest BCUT2D eigenvalue weighted by Gasteiger charge is 2.15. The van der Waals surface area contributed by atoms with Crippen LogP contribution < -0.4 is 0 Å². The summed E-state index contributed by atoms with van der Waals surface area (Å²) in [6.07, 6.45) is 4.82. The molecule has 0 aliphatic carbocycles. The molecule has 55 heavy (non-hydrogen) atoms. The normalized spacial score (nSPS) is 11.0. The van der Waals surface area contributed by atoms with Crippen LogP contribution in [-0.4, -0.2) is 43.3 Å². The van der Waals surface area contributed by atoms with E-state index in [1.807, 2.05) is 73.3 Å². The Morgan fingerprint density at radius 3 is 1.49 bits per heavy atom. The van der Waals surface area contributed by atoms with Crippen molar-refractivity contribution in [3.8, 4) is 0 Å². The quantitative estimate of drug-likeness (QED) is 0.139. The Labute approximate surface area is 328 Å². The Bertz CT molecular complexity index is 2620. The fraction of sp³-hybridized carbons (Fsp3) is 0.111. The van der Waals surface area contributed by atoms with Crippen molar-refractivity contribution in [3.05, 3.63) is 201 Å². The van der Waals surface area contributed by atoms with Gasteiger partial charge < -0.3 is 19.0 Å². The summed E-state index contributed by atoms with van der Waals surface area (Å²) in [5, 5.41) is 10.3. The molecule has 0 aliphatic rings. The largest absolute Gasteiger partial charge is 0.478 e. The number of carboxylic acids is 1. The van der Waals surface area contributed by atoms with E-state index in [0.29, 0.717) is 28.5 Å². The summed E-state index contributed by atoms with van der Waals surface area (Å²) in [7, 11) is 1.37. The zero-order valence-electron chi connectivity index (χ0n) is 29.9. The monoisotopic (exact) mass is 766 g/mol. The predicted molar refractivity (Wildman–Crippen MR) is 217 cm³/mol. The number of fused-ring (bicyclic) bond motifs is 2. The first kappa shape index (κ1) is 37.1. The van der Waals surface area contributed by atoms with E-state index in [4.69, 9.17) is 27.9 Å². The van der Waals surface area contributed by atoms with Crippen molar-refractivity contribution in [2.24, 2.45) is 0 Å². The summed E-state index contributed by atoms with van der Waals surface area (Å²) >= 11 is 12.0. The topological polar surface area (TPSA) is 99.2 Å². The lowest BCUT2D eigenvalue weighted by molar-refractivity contribution is 0.0598. The zero-order valence-corrected chi connectivity index (χ0v) is 31.4. The average molecular weight is 768 g/mol. The van der Waals surface area contributed by atoms with Crippen LogP contribution in [0, 0.1) is 0 Å². The maximum absolute atomic E-state index is 12.1. The number of hydrogen-bond donors (Lipinski definition) is 1. The SMILES string of the molecule is COC(=O)c1cc(Cl)ccc1Cc1ccc2c(c1)ncn2Cc1ccccc1.O=C(O)c1cc(Cl)ccc1Cc1ccc2c(c1)ncn2Cc1ccccc1. The number of rotatable bonds is 10. The maximum atomic E-state index is 12.1. The van der Waals surface area contributed by atoms with Gasteiger partial charge in [0.15, 0.2) is 0 Å². The van der Waals surface area contributed by atoms with Gasteiger partial charge in [0.05, 0.1) is 53.0 Å². The van der Waals surface area contributed by atoms with Gasteiger partial charge in [0, 0.05) is 23.1 Å². The average Bonchev–Trinajstić information content (AvgIpc) is 3.79. The molecule has 0 bridgehead atoms. The Balaban J connectivity index is 0.000000169. The third-order valence-electron chi connectivity index (χ3n) is 9.33. The Morgan fingerprint density at radius 1 is 0.582 bits per heavy atom. The van der Waals surface area contributed by atoms with E-state index < -0.39 is 5.97 Å². The van der Waals surface area contributed by atoms with E-state index in [0.717, 1.165) is 57.4 Å². The molecule has 0 saturated carbocycles. The highest BCUT2D eigenvalue weighted by molar-refractivity contribution is 6.31. The predicted octanol–water partition coefficient (Wildman–Crippen LogP) is 10.1. The fourth-order valence-electron chi connectivity index (χ4n) is 6.60. The lowest BCUT2D eigenvalue weighted by atomic mass is 9.99. The number of halogens is 2. The van der Waals surface area contributed by atoms with Crippen molar-refractivity contribution < 1.29 is 19.4 Å². The zero-order chi connectivity index (χ0) is 38.3. The first-order valence-electron chi connectivity index (χ1n) is 17.6. The first-order chi connectivity index (χ1) is 26.7. The Hall–Kier alpha value is -6.22. The van der Waals surface area contributed by atoms with Gasteiger partial charge in [0.25, 0.3) is 0 Å². The number of ether oxygens (including phenoxy) is 1. The van der Waals surface area contributed by atoms with Crippen LogP contribution in [0.15, 0.2) is 146 Å². The van der Waals surface area contributed by atoms with Crippen molar-refractivity contribution >= 4 is 57.2 Å². The molecule has 0 atom stereocenters. The minimum Gasteiger partial charge on any atom is -0.478 e. The van der Waals surface area contributed by atoms with Crippen LogP contribution in [0.2, 0.25) is 10.0 Å². The number of hydrogen-bond acceptors (Lipinski definition) is 5. The van der Waals surface area contributed by atoms with Crippen molar-refractivity contribution in [2.45, 2.75) is 25.9 Å². The summed E-state index contributed by atoms with van der Waals surface area (Å²) in [5.41, 5.74) is 10.8. The van der Waals surface area contributed by atoms with Crippen molar-refractivity contribution in [1.29, 1.82) is 0 Å². The lowest BCUT2D eigenvalue weighted by Crippen LogP contribution is -2.06. The number of carbonyl (C=O) groups excluding carboxylic acids is 1. The van der Waals surface area contributed by atoms with E-state index in [9.17, 15) is 14.7 Å². The Kier molecular flexibility index (Phi) is 11.4. The van der Waals surface area contributed by atoms with Gasteiger partial charge >= 0.3 is 11.9 Å². The highest BCUT2D eigenvalue weighted by atomic mass is 35.5. The number of benzene rings is 6. The van der Waals surface area contributed by atoms with Crippen molar-refractivity contribution in [2.75, 3.05) is 7.11 Å². The van der Waals surface area contributed by atoms with Crippen molar-refractivity contribution in [3.63, 3.8) is 0 Å². The van der Waals surface area contributed by atoms with Gasteiger partial charge in [0.1, 0.15) is 0 Å². The summed E-state index contributed by atoms with van der Waals surface area (Å²) in [5.74, 6) is -1.36.